The maximum absolute atomic E-state index is 12.8. The molecular weight excluding hydrogens is 822 g/mol. The third-order valence-electron chi connectivity index (χ3n) is 12.6. The molecule has 0 aromatic heterocycles. The van der Waals surface area contributed by atoms with Crippen LogP contribution in [0.4, 0.5) is 0 Å². The summed E-state index contributed by atoms with van der Waals surface area (Å²) >= 11 is 0. The van der Waals surface area contributed by atoms with Gasteiger partial charge in [0.25, 0.3) is 0 Å². The number of rotatable bonds is 52. The number of hydrogen-bond acceptors (Lipinski definition) is 7. The van der Waals surface area contributed by atoms with Crippen LogP contribution in [0.3, 0.4) is 0 Å². The standard InChI is InChI=1S/C54H108NO8P/c1-6-8-10-12-14-16-18-20-22-24-26-28-30-32-34-36-38-40-42-44-46-53(56)60-50-52(51-62-64(58,59)61-49-48-55(3,4)5)63-54(57)47-45-43-41-39-37-35-33-31-29-27-25-23-21-19-17-15-13-11-9-7-2/h52H,6-51H2,1-5H3/p+1. The molecule has 0 amide bonds. The average molecular weight is 931 g/mol. The van der Waals surface area contributed by atoms with Crippen LogP contribution >= 0.6 is 7.82 Å². The first-order chi connectivity index (χ1) is 31.0. The Labute approximate surface area is 397 Å². The number of carbonyl (C=O) groups excluding carboxylic acids is 2. The molecule has 0 radical (unpaired) electrons. The average Bonchev–Trinajstić information content (AvgIpc) is 3.25. The van der Waals surface area contributed by atoms with E-state index in [1.54, 1.807) is 0 Å². The van der Waals surface area contributed by atoms with Crippen molar-refractivity contribution in [2.75, 3.05) is 47.5 Å². The number of carbonyl (C=O) groups is 2. The Kier molecular flexibility index (Phi) is 46.4. The fraction of sp³-hybridized carbons (Fsp3) is 0.963. The van der Waals surface area contributed by atoms with Crippen LogP contribution in [-0.2, 0) is 32.7 Å². The molecule has 0 saturated heterocycles. The lowest BCUT2D eigenvalue weighted by atomic mass is 10.0. The normalized spacial score (nSPS) is 13.3. The highest BCUT2D eigenvalue weighted by Crippen LogP contribution is 2.43. The second kappa shape index (κ2) is 47.1. The van der Waals surface area contributed by atoms with Crippen molar-refractivity contribution in [2.24, 2.45) is 0 Å². The van der Waals surface area contributed by atoms with Gasteiger partial charge in [-0.1, -0.05) is 258 Å². The summed E-state index contributed by atoms with van der Waals surface area (Å²) in [6, 6.07) is 0. The van der Waals surface area contributed by atoms with Gasteiger partial charge in [0.2, 0.25) is 0 Å². The molecule has 0 rings (SSSR count). The minimum absolute atomic E-state index is 0.0373. The van der Waals surface area contributed by atoms with E-state index in [1.807, 2.05) is 21.1 Å². The third-order valence-corrected chi connectivity index (χ3v) is 13.6. The van der Waals surface area contributed by atoms with E-state index in [0.717, 1.165) is 38.5 Å². The Morgan fingerprint density at radius 3 is 1.00 bits per heavy atom. The number of hydrogen-bond donors (Lipinski definition) is 1. The largest absolute Gasteiger partial charge is 0.472 e. The quantitative estimate of drug-likeness (QED) is 0.0278. The second-order valence-corrected chi connectivity index (χ2v) is 21.8. The van der Waals surface area contributed by atoms with Crippen LogP contribution in [0.15, 0.2) is 0 Å². The summed E-state index contributed by atoms with van der Waals surface area (Å²) in [7, 11) is 1.50. The molecule has 0 aliphatic rings. The molecule has 382 valence electrons. The maximum Gasteiger partial charge on any atom is 0.472 e. The van der Waals surface area contributed by atoms with Crippen LogP contribution in [0.25, 0.3) is 0 Å². The number of quaternary nitrogens is 1. The van der Waals surface area contributed by atoms with Gasteiger partial charge < -0.3 is 18.9 Å². The highest BCUT2D eigenvalue weighted by molar-refractivity contribution is 7.47. The van der Waals surface area contributed by atoms with Crippen LogP contribution in [-0.4, -0.2) is 74.9 Å². The lowest BCUT2D eigenvalue weighted by Gasteiger charge is -2.24. The molecule has 0 aromatic rings. The number of esters is 2. The van der Waals surface area contributed by atoms with E-state index in [4.69, 9.17) is 18.5 Å². The Morgan fingerprint density at radius 2 is 0.703 bits per heavy atom. The van der Waals surface area contributed by atoms with Gasteiger partial charge in [0.1, 0.15) is 19.8 Å². The molecule has 0 aliphatic heterocycles. The van der Waals surface area contributed by atoms with Crippen LogP contribution in [0.2, 0.25) is 0 Å². The first-order valence-electron chi connectivity index (χ1n) is 27.8. The van der Waals surface area contributed by atoms with Crippen molar-refractivity contribution >= 4 is 19.8 Å². The molecule has 2 atom stereocenters. The van der Waals surface area contributed by atoms with Crippen LogP contribution < -0.4 is 0 Å². The van der Waals surface area contributed by atoms with Crippen molar-refractivity contribution in [3.8, 4) is 0 Å². The van der Waals surface area contributed by atoms with E-state index < -0.39 is 26.5 Å². The number of likely N-dealkylation sites (N-methyl/N-ethyl adjacent to an activating group) is 1. The minimum Gasteiger partial charge on any atom is -0.462 e. The number of ether oxygens (including phenoxy) is 2. The smallest absolute Gasteiger partial charge is 0.462 e. The number of phosphoric acid groups is 1. The molecule has 0 heterocycles. The second-order valence-electron chi connectivity index (χ2n) is 20.3. The van der Waals surface area contributed by atoms with Gasteiger partial charge in [0, 0.05) is 12.8 Å². The molecule has 0 bridgehead atoms. The van der Waals surface area contributed by atoms with Crippen molar-refractivity contribution in [2.45, 2.75) is 290 Å². The van der Waals surface area contributed by atoms with Gasteiger partial charge in [0.15, 0.2) is 6.10 Å². The number of nitrogens with zero attached hydrogens (tertiary/aromatic N) is 1. The molecular formula is C54H109NO8P+. The molecule has 0 fully saturated rings. The molecule has 0 aliphatic carbocycles. The van der Waals surface area contributed by atoms with Crippen molar-refractivity contribution in [1.82, 2.24) is 0 Å². The van der Waals surface area contributed by atoms with E-state index in [9.17, 15) is 19.0 Å². The fourth-order valence-electron chi connectivity index (χ4n) is 8.31. The predicted octanol–water partition coefficient (Wildman–Crippen LogP) is 16.7. The van der Waals surface area contributed by atoms with E-state index in [2.05, 4.69) is 13.8 Å². The maximum atomic E-state index is 12.8. The van der Waals surface area contributed by atoms with Crippen molar-refractivity contribution in [1.29, 1.82) is 0 Å². The van der Waals surface area contributed by atoms with Crippen molar-refractivity contribution in [3.05, 3.63) is 0 Å². The zero-order valence-electron chi connectivity index (χ0n) is 43.3. The van der Waals surface area contributed by atoms with Crippen molar-refractivity contribution < 1.29 is 42.1 Å². The Morgan fingerprint density at radius 1 is 0.422 bits per heavy atom. The van der Waals surface area contributed by atoms with E-state index in [0.29, 0.717) is 17.4 Å². The molecule has 64 heavy (non-hydrogen) atoms. The van der Waals surface area contributed by atoms with Crippen LogP contribution in [0.1, 0.15) is 284 Å². The molecule has 9 nitrogen and oxygen atoms in total. The SMILES string of the molecule is CCCCCCCCCCCCCCCCCCCCCCC(=O)OCC(COP(=O)(O)OCC[N+](C)(C)C)OC(=O)CCCCCCCCCCCCCCCCCCCCCC. The monoisotopic (exact) mass is 931 g/mol. The molecule has 0 aromatic carbocycles. The minimum atomic E-state index is -4.37. The van der Waals surface area contributed by atoms with E-state index in [1.165, 1.54) is 218 Å². The molecule has 0 spiro atoms. The lowest BCUT2D eigenvalue weighted by Crippen LogP contribution is -2.37. The summed E-state index contributed by atoms with van der Waals surface area (Å²) in [6.45, 7) is 4.50. The fourth-order valence-corrected chi connectivity index (χ4v) is 9.05. The van der Waals surface area contributed by atoms with E-state index >= 15 is 0 Å². The van der Waals surface area contributed by atoms with E-state index in [-0.39, 0.29) is 25.6 Å². The zero-order valence-corrected chi connectivity index (χ0v) is 44.2. The Bertz CT molecular complexity index is 1050. The third kappa shape index (κ3) is 50.4. The first-order valence-corrected chi connectivity index (χ1v) is 29.3. The van der Waals surface area contributed by atoms with Gasteiger partial charge in [-0.25, -0.2) is 4.57 Å². The van der Waals surface area contributed by atoms with Crippen LogP contribution in [0, 0.1) is 0 Å². The summed E-state index contributed by atoms with van der Waals surface area (Å²) < 4.78 is 34.5. The van der Waals surface area contributed by atoms with Gasteiger partial charge >= 0.3 is 19.8 Å². The van der Waals surface area contributed by atoms with Crippen LogP contribution in [0.5, 0.6) is 0 Å². The predicted molar refractivity (Wildman–Crippen MR) is 271 cm³/mol. The highest BCUT2D eigenvalue weighted by Gasteiger charge is 2.27. The summed E-state index contributed by atoms with van der Waals surface area (Å²) in [5.74, 6) is -0.774. The topological polar surface area (TPSA) is 108 Å². The molecule has 10 heteroatoms. The lowest BCUT2D eigenvalue weighted by molar-refractivity contribution is -0.870. The first kappa shape index (κ1) is 63.0. The zero-order chi connectivity index (χ0) is 47.1. The van der Waals surface area contributed by atoms with Gasteiger partial charge in [0.05, 0.1) is 27.7 Å². The molecule has 0 saturated carbocycles. The highest BCUT2D eigenvalue weighted by atomic mass is 31.2. The van der Waals surface area contributed by atoms with Gasteiger partial charge in [-0.15, -0.1) is 0 Å². The van der Waals surface area contributed by atoms with Gasteiger partial charge in [-0.05, 0) is 12.8 Å². The Balaban J connectivity index is 4.14. The number of unbranched alkanes of at least 4 members (excludes halogenated alkanes) is 38. The molecule has 1 N–H and O–H groups in total. The van der Waals surface area contributed by atoms with Gasteiger partial charge in [-0.2, -0.15) is 0 Å². The summed E-state index contributed by atoms with van der Waals surface area (Å²) in [4.78, 5) is 35.6. The van der Waals surface area contributed by atoms with Gasteiger partial charge in [-0.3, -0.25) is 18.6 Å². The van der Waals surface area contributed by atoms with Crippen molar-refractivity contribution in [3.63, 3.8) is 0 Å². The number of phosphoric ester groups is 1. The molecule has 2 unspecified atom stereocenters. The summed E-state index contributed by atoms with van der Waals surface area (Å²) in [5, 5.41) is 0. The summed E-state index contributed by atoms with van der Waals surface area (Å²) in [6.07, 6.45) is 51.6. The Hall–Kier alpha value is -0.990. The summed E-state index contributed by atoms with van der Waals surface area (Å²) in [5.41, 5.74) is 0.